The van der Waals surface area contributed by atoms with E-state index >= 15 is 0 Å². The van der Waals surface area contributed by atoms with Crippen molar-refractivity contribution in [2.75, 3.05) is 6.54 Å². The average Bonchev–Trinajstić information content (AvgIpc) is 2.36. The molecule has 0 aliphatic heterocycles. The number of rotatable bonds is 6. The van der Waals surface area contributed by atoms with E-state index in [2.05, 4.69) is 36.6 Å². The number of hydrogen-bond donors (Lipinski definition) is 2. The first kappa shape index (κ1) is 14.9. The van der Waals surface area contributed by atoms with E-state index in [1.54, 1.807) is 0 Å². The highest BCUT2D eigenvalue weighted by molar-refractivity contribution is 5.74. The molecule has 2 N–H and O–H groups in total. The lowest BCUT2D eigenvalue weighted by molar-refractivity contribution is 0.227. The topological polar surface area (TPSA) is 41.1 Å². The Labute approximate surface area is 122 Å². The van der Waals surface area contributed by atoms with Crippen LogP contribution in [0.3, 0.4) is 0 Å². The van der Waals surface area contributed by atoms with Crippen LogP contribution in [0.1, 0.15) is 51.1 Å². The lowest BCUT2D eigenvalue weighted by Gasteiger charge is -2.26. The van der Waals surface area contributed by atoms with E-state index in [-0.39, 0.29) is 12.1 Å². The molecule has 110 valence electrons. The Kier molecular flexibility index (Phi) is 5.45. The van der Waals surface area contributed by atoms with Crippen molar-refractivity contribution in [1.82, 2.24) is 10.6 Å². The molecule has 2 amide bonds. The Bertz CT molecular complexity index is 412. The highest BCUT2D eigenvalue weighted by Gasteiger charge is 2.19. The second kappa shape index (κ2) is 7.32. The molecule has 1 aromatic carbocycles. The molecular formula is C17H26N2O. The molecule has 0 spiro atoms. The van der Waals surface area contributed by atoms with Gasteiger partial charge in [0, 0.05) is 6.54 Å². The lowest BCUT2D eigenvalue weighted by atomic mass is 9.85. The van der Waals surface area contributed by atoms with Crippen LogP contribution in [0.25, 0.3) is 0 Å². The number of nitrogens with one attached hydrogen (secondary N) is 2. The smallest absolute Gasteiger partial charge is 0.315 e. The molecule has 0 aromatic heterocycles. The van der Waals surface area contributed by atoms with E-state index in [1.165, 1.54) is 24.8 Å². The summed E-state index contributed by atoms with van der Waals surface area (Å²) in [6, 6.07) is 10.3. The monoisotopic (exact) mass is 274 g/mol. The predicted octanol–water partition coefficient (Wildman–Crippen LogP) is 3.87. The molecule has 1 aliphatic carbocycles. The van der Waals surface area contributed by atoms with Gasteiger partial charge in [0.1, 0.15) is 0 Å². The van der Waals surface area contributed by atoms with Crippen molar-refractivity contribution in [3.8, 4) is 0 Å². The van der Waals surface area contributed by atoms with Crippen molar-refractivity contribution in [3.05, 3.63) is 35.9 Å². The van der Waals surface area contributed by atoms with E-state index in [4.69, 9.17) is 0 Å². The number of carbonyl (C=O) groups is 1. The quantitative estimate of drug-likeness (QED) is 0.812. The molecule has 3 heteroatoms. The number of amides is 2. The number of benzene rings is 1. The fraction of sp³-hybridized carbons (Fsp3) is 0.588. The van der Waals surface area contributed by atoms with Crippen molar-refractivity contribution in [2.45, 2.75) is 45.6 Å². The molecule has 0 radical (unpaired) electrons. The minimum absolute atomic E-state index is 0.0357. The standard InChI is InChI=1S/C17H26N2O/c1-13(2)11-16(15-9-4-3-5-10-15)19-17(20)18-12-14-7-6-8-14/h3-5,9-10,13-14,16H,6-8,11-12H2,1-2H3,(H2,18,19,20). The van der Waals surface area contributed by atoms with Gasteiger partial charge in [0.15, 0.2) is 0 Å². The third-order valence-electron chi connectivity index (χ3n) is 3.99. The first-order valence-corrected chi connectivity index (χ1v) is 7.74. The molecule has 1 aliphatic rings. The Morgan fingerprint density at radius 1 is 1.25 bits per heavy atom. The largest absolute Gasteiger partial charge is 0.338 e. The Hall–Kier alpha value is -1.51. The fourth-order valence-electron chi connectivity index (χ4n) is 2.58. The zero-order chi connectivity index (χ0) is 14.4. The summed E-state index contributed by atoms with van der Waals surface area (Å²) in [6.07, 6.45) is 4.79. The summed E-state index contributed by atoms with van der Waals surface area (Å²) in [5.74, 6) is 1.24. The highest BCUT2D eigenvalue weighted by atomic mass is 16.2. The molecule has 1 fully saturated rings. The maximum absolute atomic E-state index is 12.0. The summed E-state index contributed by atoms with van der Waals surface area (Å²) in [6.45, 7) is 5.18. The van der Waals surface area contributed by atoms with Crippen LogP contribution in [0.5, 0.6) is 0 Å². The van der Waals surface area contributed by atoms with Crippen molar-refractivity contribution >= 4 is 6.03 Å². The van der Waals surface area contributed by atoms with Crippen LogP contribution in [-0.2, 0) is 0 Å². The molecule has 2 rings (SSSR count). The molecular weight excluding hydrogens is 248 g/mol. The second-order valence-corrected chi connectivity index (χ2v) is 6.24. The van der Waals surface area contributed by atoms with Gasteiger partial charge < -0.3 is 10.6 Å². The summed E-state index contributed by atoms with van der Waals surface area (Å²) in [4.78, 5) is 12.0. The minimum Gasteiger partial charge on any atom is -0.338 e. The van der Waals surface area contributed by atoms with Crippen LogP contribution < -0.4 is 10.6 Å². The van der Waals surface area contributed by atoms with Gasteiger partial charge in [-0.1, -0.05) is 50.6 Å². The van der Waals surface area contributed by atoms with Crippen LogP contribution in [0, 0.1) is 11.8 Å². The predicted molar refractivity (Wildman–Crippen MR) is 82.5 cm³/mol. The fourth-order valence-corrected chi connectivity index (χ4v) is 2.58. The number of hydrogen-bond acceptors (Lipinski definition) is 1. The Balaban J connectivity index is 1.87. The van der Waals surface area contributed by atoms with Gasteiger partial charge in [-0.2, -0.15) is 0 Å². The molecule has 1 saturated carbocycles. The van der Waals surface area contributed by atoms with Gasteiger partial charge in [-0.05, 0) is 36.7 Å². The van der Waals surface area contributed by atoms with Crippen LogP contribution in [-0.4, -0.2) is 12.6 Å². The van der Waals surface area contributed by atoms with Gasteiger partial charge >= 0.3 is 6.03 Å². The normalized spacial score (nSPS) is 16.6. The highest BCUT2D eigenvalue weighted by Crippen LogP contribution is 2.25. The van der Waals surface area contributed by atoms with Gasteiger partial charge in [-0.25, -0.2) is 4.79 Å². The van der Waals surface area contributed by atoms with Crippen LogP contribution in [0.4, 0.5) is 4.79 Å². The van der Waals surface area contributed by atoms with Gasteiger partial charge in [0.2, 0.25) is 0 Å². The molecule has 1 atom stereocenters. The van der Waals surface area contributed by atoms with E-state index < -0.39 is 0 Å². The number of carbonyl (C=O) groups excluding carboxylic acids is 1. The second-order valence-electron chi connectivity index (χ2n) is 6.24. The molecule has 20 heavy (non-hydrogen) atoms. The zero-order valence-corrected chi connectivity index (χ0v) is 12.6. The maximum atomic E-state index is 12.0. The first-order chi connectivity index (χ1) is 9.65. The third kappa shape index (κ3) is 4.55. The van der Waals surface area contributed by atoms with E-state index in [9.17, 15) is 4.79 Å². The van der Waals surface area contributed by atoms with Crippen molar-refractivity contribution in [2.24, 2.45) is 11.8 Å². The molecule has 3 nitrogen and oxygen atoms in total. The first-order valence-electron chi connectivity index (χ1n) is 7.74. The van der Waals surface area contributed by atoms with Gasteiger partial charge in [-0.3, -0.25) is 0 Å². The van der Waals surface area contributed by atoms with E-state index in [0.29, 0.717) is 11.8 Å². The zero-order valence-electron chi connectivity index (χ0n) is 12.6. The SMILES string of the molecule is CC(C)CC(NC(=O)NCC1CCC1)c1ccccc1. The maximum Gasteiger partial charge on any atom is 0.315 e. The van der Waals surface area contributed by atoms with E-state index in [0.717, 1.165) is 13.0 Å². The van der Waals surface area contributed by atoms with Gasteiger partial charge in [-0.15, -0.1) is 0 Å². The van der Waals surface area contributed by atoms with Crippen LogP contribution >= 0.6 is 0 Å². The van der Waals surface area contributed by atoms with Crippen LogP contribution in [0.2, 0.25) is 0 Å². The van der Waals surface area contributed by atoms with Crippen molar-refractivity contribution < 1.29 is 4.79 Å². The third-order valence-corrected chi connectivity index (χ3v) is 3.99. The summed E-state index contributed by atoms with van der Waals surface area (Å²) >= 11 is 0. The summed E-state index contributed by atoms with van der Waals surface area (Å²) in [7, 11) is 0. The van der Waals surface area contributed by atoms with E-state index in [1.807, 2.05) is 18.2 Å². The van der Waals surface area contributed by atoms with Crippen LogP contribution in [0.15, 0.2) is 30.3 Å². The van der Waals surface area contributed by atoms with Crippen molar-refractivity contribution in [3.63, 3.8) is 0 Å². The Morgan fingerprint density at radius 3 is 2.50 bits per heavy atom. The average molecular weight is 274 g/mol. The Morgan fingerprint density at radius 2 is 1.95 bits per heavy atom. The summed E-state index contributed by atoms with van der Waals surface area (Å²) < 4.78 is 0. The molecule has 0 saturated heterocycles. The molecule has 1 unspecified atom stereocenters. The molecule has 0 bridgehead atoms. The number of urea groups is 1. The summed E-state index contributed by atoms with van der Waals surface area (Å²) in [5, 5.41) is 6.13. The van der Waals surface area contributed by atoms with Gasteiger partial charge in [0.25, 0.3) is 0 Å². The van der Waals surface area contributed by atoms with Gasteiger partial charge in [0.05, 0.1) is 6.04 Å². The molecule has 1 aromatic rings. The lowest BCUT2D eigenvalue weighted by Crippen LogP contribution is -2.41. The van der Waals surface area contributed by atoms with Crippen molar-refractivity contribution in [1.29, 1.82) is 0 Å². The minimum atomic E-state index is -0.0357. The molecule has 0 heterocycles. The summed E-state index contributed by atoms with van der Waals surface area (Å²) in [5.41, 5.74) is 1.18.